The number of carbonyl (C=O) groups excluding carboxylic acids is 2. The molecule has 24 heavy (non-hydrogen) atoms. The summed E-state index contributed by atoms with van der Waals surface area (Å²) in [4.78, 5) is 24.7. The summed E-state index contributed by atoms with van der Waals surface area (Å²) in [6.07, 6.45) is 2.93. The number of hydrazine groups is 1. The Morgan fingerprint density at radius 3 is 2.21 bits per heavy atom. The molecular formula is C19H18N2O3. The Labute approximate surface area is 140 Å². The van der Waals surface area contributed by atoms with E-state index in [0.29, 0.717) is 17.9 Å². The molecule has 1 aliphatic carbocycles. The molecule has 0 bridgehead atoms. The van der Waals surface area contributed by atoms with Gasteiger partial charge in [-0.2, -0.15) is 0 Å². The molecule has 0 aromatic heterocycles. The van der Waals surface area contributed by atoms with Gasteiger partial charge in [0.25, 0.3) is 0 Å². The summed E-state index contributed by atoms with van der Waals surface area (Å²) in [6, 6.07) is 16.6. The summed E-state index contributed by atoms with van der Waals surface area (Å²) in [5.41, 5.74) is 2.94. The number of benzene rings is 2. The quantitative estimate of drug-likeness (QED) is 0.942. The van der Waals surface area contributed by atoms with Crippen LogP contribution in [0.15, 0.2) is 54.6 Å². The van der Waals surface area contributed by atoms with Gasteiger partial charge in [-0.25, -0.2) is 5.01 Å². The van der Waals surface area contributed by atoms with Gasteiger partial charge in [-0.15, -0.1) is 0 Å². The van der Waals surface area contributed by atoms with Gasteiger partial charge >= 0.3 is 0 Å². The van der Waals surface area contributed by atoms with Gasteiger partial charge in [-0.3, -0.25) is 15.0 Å². The highest BCUT2D eigenvalue weighted by atomic mass is 16.5. The zero-order valence-corrected chi connectivity index (χ0v) is 13.2. The van der Waals surface area contributed by atoms with Crippen LogP contribution in [0.1, 0.15) is 25.7 Å². The first-order valence-electron chi connectivity index (χ1n) is 8.13. The molecule has 5 heteroatoms. The monoisotopic (exact) mass is 322 g/mol. The third kappa shape index (κ3) is 2.52. The van der Waals surface area contributed by atoms with Crippen LogP contribution in [0.4, 0.5) is 5.69 Å². The third-order valence-corrected chi connectivity index (χ3v) is 4.82. The Bertz CT molecular complexity index is 767. The van der Waals surface area contributed by atoms with E-state index in [4.69, 9.17) is 4.74 Å². The fourth-order valence-corrected chi connectivity index (χ4v) is 3.24. The van der Waals surface area contributed by atoms with Crippen molar-refractivity contribution in [3.05, 3.63) is 54.6 Å². The van der Waals surface area contributed by atoms with E-state index in [2.05, 4.69) is 5.43 Å². The van der Waals surface area contributed by atoms with Crippen molar-refractivity contribution >= 4 is 17.5 Å². The fraction of sp³-hybridized carbons (Fsp3) is 0.263. The van der Waals surface area contributed by atoms with Gasteiger partial charge in [0.05, 0.1) is 11.1 Å². The van der Waals surface area contributed by atoms with Crippen LogP contribution in [-0.2, 0) is 9.59 Å². The van der Waals surface area contributed by atoms with Gasteiger partial charge in [0.1, 0.15) is 11.5 Å². The van der Waals surface area contributed by atoms with Crippen LogP contribution in [-0.4, -0.2) is 11.8 Å². The Kier molecular flexibility index (Phi) is 3.49. The van der Waals surface area contributed by atoms with Crippen molar-refractivity contribution in [3.8, 4) is 11.5 Å². The van der Waals surface area contributed by atoms with Crippen molar-refractivity contribution in [2.75, 3.05) is 5.01 Å². The van der Waals surface area contributed by atoms with E-state index < -0.39 is 5.41 Å². The number of anilines is 1. The lowest BCUT2D eigenvalue weighted by Crippen LogP contribution is -2.61. The highest BCUT2D eigenvalue weighted by Gasteiger charge is 2.50. The standard InChI is InChI=1S/C19H18N2O3/c22-17-13-19(11-4-12-19)18(23)20-21(17)14-7-9-16(10-8-14)24-15-5-2-1-3-6-15/h1-3,5-10H,4,11-13H2,(H,20,23). The number of para-hydroxylation sites is 1. The van der Waals surface area contributed by atoms with Crippen LogP contribution in [0, 0.1) is 5.41 Å². The molecule has 1 saturated carbocycles. The highest BCUT2D eigenvalue weighted by molar-refractivity contribution is 6.04. The smallest absolute Gasteiger partial charge is 0.246 e. The zero-order chi connectivity index (χ0) is 16.6. The van der Waals surface area contributed by atoms with E-state index in [1.54, 1.807) is 24.3 Å². The van der Waals surface area contributed by atoms with Gasteiger partial charge in [0, 0.05) is 6.42 Å². The number of carbonyl (C=O) groups is 2. The Balaban J connectivity index is 1.49. The van der Waals surface area contributed by atoms with Crippen molar-refractivity contribution < 1.29 is 14.3 Å². The maximum atomic E-state index is 12.4. The van der Waals surface area contributed by atoms with E-state index in [1.807, 2.05) is 30.3 Å². The average Bonchev–Trinajstić information content (AvgIpc) is 2.57. The largest absolute Gasteiger partial charge is 0.457 e. The summed E-state index contributed by atoms with van der Waals surface area (Å²) >= 11 is 0. The minimum atomic E-state index is -0.454. The van der Waals surface area contributed by atoms with E-state index in [9.17, 15) is 9.59 Å². The molecule has 2 aromatic carbocycles. The van der Waals surface area contributed by atoms with Gasteiger partial charge < -0.3 is 4.74 Å². The van der Waals surface area contributed by atoms with Crippen LogP contribution >= 0.6 is 0 Å². The molecular weight excluding hydrogens is 304 g/mol. The van der Waals surface area contributed by atoms with Crippen molar-refractivity contribution in [2.45, 2.75) is 25.7 Å². The van der Waals surface area contributed by atoms with Crippen LogP contribution in [0.5, 0.6) is 11.5 Å². The topological polar surface area (TPSA) is 58.6 Å². The van der Waals surface area contributed by atoms with Crippen molar-refractivity contribution in [1.82, 2.24) is 5.43 Å². The average molecular weight is 322 g/mol. The Morgan fingerprint density at radius 2 is 1.58 bits per heavy atom. The first kappa shape index (κ1) is 14.8. The molecule has 122 valence electrons. The first-order chi connectivity index (χ1) is 11.7. The minimum Gasteiger partial charge on any atom is -0.457 e. The molecule has 1 N–H and O–H groups in total. The Hall–Kier alpha value is -2.82. The Morgan fingerprint density at radius 1 is 0.917 bits per heavy atom. The van der Waals surface area contributed by atoms with Crippen LogP contribution in [0.3, 0.4) is 0 Å². The molecule has 1 saturated heterocycles. The highest BCUT2D eigenvalue weighted by Crippen LogP contribution is 2.46. The first-order valence-corrected chi connectivity index (χ1v) is 8.13. The maximum absolute atomic E-state index is 12.4. The molecule has 0 radical (unpaired) electrons. The number of ether oxygens (including phenoxy) is 1. The fourth-order valence-electron chi connectivity index (χ4n) is 3.24. The van der Waals surface area contributed by atoms with E-state index >= 15 is 0 Å². The van der Waals surface area contributed by atoms with Crippen LogP contribution in [0.25, 0.3) is 0 Å². The predicted molar refractivity (Wildman–Crippen MR) is 89.5 cm³/mol. The predicted octanol–water partition coefficient (Wildman–Crippen LogP) is 3.42. The lowest BCUT2D eigenvalue weighted by atomic mass is 9.65. The minimum absolute atomic E-state index is 0.0436. The SMILES string of the molecule is O=C1CC2(CCC2)C(=O)NN1c1ccc(Oc2ccccc2)cc1. The number of amides is 2. The summed E-state index contributed by atoms with van der Waals surface area (Å²) in [7, 11) is 0. The number of rotatable bonds is 3. The van der Waals surface area contributed by atoms with Gasteiger partial charge in [-0.05, 0) is 49.2 Å². The second-order valence-electron chi connectivity index (χ2n) is 6.39. The zero-order valence-electron chi connectivity index (χ0n) is 13.2. The molecule has 2 fully saturated rings. The molecule has 0 atom stereocenters. The lowest BCUT2D eigenvalue weighted by molar-refractivity contribution is -0.146. The lowest BCUT2D eigenvalue weighted by Gasteiger charge is -2.45. The molecule has 4 rings (SSSR count). The molecule has 2 amide bonds. The van der Waals surface area contributed by atoms with Crippen molar-refractivity contribution in [3.63, 3.8) is 0 Å². The molecule has 1 spiro atoms. The molecule has 0 unspecified atom stereocenters. The molecule has 1 aliphatic heterocycles. The molecule has 2 aromatic rings. The van der Waals surface area contributed by atoms with Crippen molar-refractivity contribution in [1.29, 1.82) is 0 Å². The normalized spacial score (nSPS) is 18.9. The number of nitrogens with one attached hydrogen (secondary N) is 1. The number of hydrogen-bond donors (Lipinski definition) is 1. The maximum Gasteiger partial charge on any atom is 0.246 e. The molecule has 2 aliphatic rings. The molecule has 1 heterocycles. The van der Waals surface area contributed by atoms with E-state index in [1.165, 1.54) is 5.01 Å². The van der Waals surface area contributed by atoms with Gasteiger partial charge in [0.2, 0.25) is 11.8 Å². The van der Waals surface area contributed by atoms with Gasteiger partial charge in [-0.1, -0.05) is 24.6 Å². The summed E-state index contributed by atoms with van der Waals surface area (Å²) in [6.45, 7) is 0. The number of hydrogen-bond acceptors (Lipinski definition) is 3. The summed E-state index contributed by atoms with van der Waals surface area (Å²) in [5, 5.41) is 1.35. The second kappa shape index (κ2) is 5.67. The summed E-state index contributed by atoms with van der Waals surface area (Å²) < 4.78 is 5.74. The van der Waals surface area contributed by atoms with E-state index in [-0.39, 0.29) is 11.8 Å². The van der Waals surface area contributed by atoms with Crippen LogP contribution < -0.4 is 15.2 Å². The van der Waals surface area contributed by atoms with Crippen LogP contribution in [0.2, 0.25) is 0 Å². The summed E-state index contributed by atoms with van der Waals surface area (Å²) in [5.74, 6) is 1.32. The number of nitrogens with zero attached hydrogens (tertiary/aromatic N) is 1. The second-order valence-corrected chi connectivity index (χ2v) is 6.39. The third-order valence-electron chi connectivity index (χ3n) is 4.82. The van der Waals surface area contributed by atoms with Crippen molar-refractivity contribution in [2.24, 2.45) is 5.41 Å². The molecule has 5 nitrogen and oxygen atoms in total. The van der Waals surface area contributed by atoms with Gasteiger partial charge in [0.15, 0.2) is 0 Å². The van der Waals surface area contributed by atoms with E-state index in [0.717, 1.165) is 25.0 Å².